The average Bonchev–Trinajstić information content (AvgIpc) is 0. The van der Waals surface area contributed by atoms with Crippen molar-refractivity contribution in [2.45, 2.75) is 0 Å². The summed E-state index contributed by atoms with van der Waals surface area (Å²) in [7, 11) is 0. The largest absolute Gasteiger partial charge is 0 e. The Morgan fingerprint density at radius 3 is 0.400 bits per heavy atom. The highest BCUT2D eigenvalue weighted by Gasteiger charge is 0.00400. The highest BCUT2D eigenvalue weighted by atomic mass is 27.0. The molecule has 0 saturated carbocycles. The summed E-state index contributed by atoms with van der Waals surface area (Å²) >= 11 is 0. The molecule has 0 rings (SSSR count). The topological polar surface area (TPSA) is 0 Å². The second kappa shape index (κ2) is 27.3. The van der Waals surface area contributed by atoms with E-state index in [1.807, 2.05) is 0 Å². The smallest absolute Gasteiger partial charge is 0 e. The first-order valence-corrected chi connectivity index (χ1v) is 0. The molecule has 0 aromatic heterocycles. The lowest BCUT2D eigenvalue weighted by atomic mass is 24.3. The summed E-state index contributed by atoms with van der Waals surface area (Å²) in [5, 5.41) is 0. The quantitative estimate of drug-likeness (QED) is 0.335. The van der Waals surface area contributed by atoms with Crippen molar-refractivity contribution >= 4 is 98.2 Å². The Hall–Kier alpha value is 3.13. The van der Waals surface area contributed by atoms with Gasteiger partial charge in [0.25, 0.3) is 0 Å². The Morgan fingerprint density at radius 1 is 0.400 bits per heavy atom. The Balaban J connectivity index is 0. The fraction of sp³-hybridized carbons (Fsp3) is 0. The van der Waals surface area contributed by atoms with Gasteiger partial charge < -0.3 is 0 Å². The van der Waals surface area contributed by atoms with Crippen LogP contribution < -0.4 is 0 Å². The number of hydrogen-bond acceptors (Lipinski definition) is 0. The van der Waals surface area contributed by atoms with Crippen molar-refractivity contribution in [2.24, 2.45) is 0 Å². The molecule has 0 aliphatic heterocycles. The van der Waals surface area contributed by atoms with E-state index in [2.05, 4.69) is 0 Å². The van der Waals surface area contributed by atoms with E-state index >= 15 is 0 Å². The molecule has 0 unspecified atom stereocenters. The Labute approximate surface area is 96.5 Å². The van der Waals surface area contributed by atoms with Crippen LogP contribution in [-0.2, 0) is 0 Å². The predicted octanol–water partition coefficient (Wildman–Crippen LogP) is -1.90. The molecule has 0 spiro atoms. The maximum atomic E-state index is 0. The molecule has 5 heavy (non-hydrogen) atoms. The van der Waals surface area contributed by atoms with Crippen molar-refractivity contribution < 1.29 is 0 Å². The van der Waals surface area contributed by atoms with Gasteiger partial charge in [-0.3, -0.25) is 0 Å². The Bertz CT molecular complexity index is 4.85. The molecule has 0 fully saturated rings. The summed E-state index contributed by atoms with van der Waals surface area (Å²) in [4.78, 5) is 0. The molecule has 0 N–H and O–H groups in total. The van der Waals surface area contributed by atoms with Crippen LogP contribution in [0.25, 0.3) is 0 Å². The average molecular weight is 130 g/mol. The van der Waals surface area contributed by atoms with E-state index in [-0.39, 0.29) is 98.2 Å². The first-order valence-electron chi connectivity index (χ1n) is 0. The number of rotatable bonds is 0. The fourth-order valence-corrected chi connectivity index (χ4v) is 0. The zero-order chi connectivity index (χ0) is 0. The molecule has 0 aliphatic rings. The Morgan fingerprint density at radius 2 is 0.400 bits per heavy atom. The molecule has 0 aromatic rings. The van der Waals surface area contributed by atoms with Gasteiger partial charge in [-0.2, -0.15) is 0 Å². The van der Waals surface area contributed by atoms with Gasteiger partial charge in [0.1, 0.15) is 0 Å². The van der Waals surface area contributed by atoms with E-state index in [1.54, 1.807) is 0 Å². The lowest BCUT2D eigenvalue weighted by molar-refractivity contribution is 5.75. The van der Waals surface area contributed by atoms with Gasteiger partial charge in [-0.25, -0.2) is 0 Å². The van der Waals surface area contributed by atoms with Crippen LogP contribution >= 0.6 is 0 Å². The van der Waals surface area contributed by atoms with Crippen LogP contribution in [0.4, 0.5) is 0 Å². The van der Waals surface area contributed by atoms with Gasteiger partial charge in [0.2, 0.25) is 0 Å². The molecule has 0 saturated heterocycles. The van der Waals surface area contributed by atoms with Gasteiger partial charge in [0.05, 0.1) is 0 Å². The molecular weight excluding hydrogens is 130 g/mol. The van der Waals surface area contributed by atoms with Crippen molar-refractivity contribution in [1.82, 2.24) is 0 Å². The highest BCUT2D eigenvalue weighted by molar-refractivity contribution is 5.76. The molecule has 13 radical (unpaired) electrons. The molecule has 0 bridgehead atoms. The standard InChI is InChI=1S/3Al.2Mg. The number of hydrogen-bond donors (Lipinski definition) is 0. The van der Waals surface area contributed by atoms with E-state index < -0.39 is 0 Å². The van der Waals surface area contributed by atoms with Gasteiger partial charge in [0.15, 0.2) is 0 Å². The van der Waals surface area contributed by atoms with Gasteiger partial charge in [-0.1, -0.05) is 0 Å². The first kappa shape index (κ1) is 42.2. The third kappa shape index (κ3) is 19.2. The fourth-order valence-electron chi connectivity index (χ4n) is 0. The third-order valence-corrected chi connectivity index (χ3v) is 0. The van der Waals surface area contributed by atoms with Crippen LogP contribution in [0, 0.1) is 0 Å². The maximum absolute atomic E-state index is 0. The van der Waals surface area contributed by atoms with Crippen LogP contribution in [0.3, 0.4) is 0 Å². The van der Waals surface area contributed by atoms with E-state index in [1.165, 1.54) is 0 Å². The first-order chi connectivity index (χ1) is 0. The van der Waals surface area contributed by atoms with Crippen molar-refractivity contribution in [3.8, 4) is 0 Å². The van der Waals surface area contributed by atoms with E-state index in [9.17, 15) is 0 Å². The summed E-state index contributed by atoms with van der Waals surface area (Å²) in [6.45, 7) is 0. The van der Waals surface area contributed by atoms with Crippen molar-refractivity contribution in [3.63, 3.8) is 0 Å². The van der Waals surface area contributed by atoms with Crippen molar-refractivity contribution in [1.29, 1.82) is 0 Å². The maximum Gasteiger partial charge on any atom is 0 e. The molecule has 0 nitrogen and oxygen atoms in total. The second-order valence-electron chi connectivity index (χ2n) is 0. The minimum absolute atomic E-state index is 0. The van der Waals surface area contributed by atoms with E-state index in [0.29, 0.717) is 0 Å². The summed E-state index contributed by atoms with van der Waals surface area (Å²) in [5.41, 5.74) is 0. The molecule has 0 atom stereocenters. The van der Waals surface area contributed by atoms with Gasteiger partial charge in [0, 0.05) is 98.2 Å². The lowest BCUT2D eigenvalue weighted by Crippen LogP contribution is -0.382. The molecule has 0 heterocycles. The molecule has 5 heteroatoms. The molecule has 0 aliphatic carbocycles. The summed E-state index contributed by atoms with van der Waals surface area (Å²) in [6.07, 6.45) is 0. The van der Waals surface area contributed by atoms with Gasteiger partial charge in [-0.15, -0.1) is 0 Å². The summed E-state index contributed by atoms with van der Waals surface area (Å²) < 4.78 is 0. The second-order valence-corrected chi connectivity index (χ2v) is 0. The molecule has 0 amide bonds. The molecule has 13 valence electrons. The highest BCUT2D eigenvalue weighted by Crippen LogP contribution is -0.377. The van der Waals surface area contributed by atoms with Crippen molar-refractivity contribution in [3.05, 3.63) is 0 Å². The Kier molecular flexibility index (Phi) is 231. The van der Waals surface area contributed by atoms with Crippen LogP contribution in [0.2, 0.25) is 0 Å². The molecule has 0 aromatic carbocycles. The lowest BCUT2D eigenvalue weighted by Gasteiger charge is -0.00100. The van der Waals surface area contributed by atoms with Gasteiger partial charge >= 0.3 is 0 Å². The minimum Gasteiger partial charge on any atom is 0 e. The van der Waals surface area contributed by atoms with Crippen molar-refractivity contribution in [2.75, 3.05) is 0 Å². The monoisotopic (exact) mass is 129 g/mol. The van der Waals surface area contributed by atoms with Crippen LogP contribution in [0.1, 0.15) is 0 Å². The normalized spacial score (nSPS) is 0. The zero-order valence-corrected chi connectivity index (χ0v) is 9.44. The van der Waals surface area contributed by atoms with Gasteiger partial charge in [-0.05, 0) is 0 Å². The minimum atomic E-state index is 0. The van der Waals surface area contributed by atoms with E-state index in [0.717, 1.165) is 0 Å². The van der Waals surface area contributed by atoms with Crippen LogP contribution in [0.15, 0.2) is 0 Å². The van der Waals surface area contributed by atoms with Crippen LogP contribution in [-0.4, -0.2) is 98.2 Å². The SMILES string of the molecule is [Al].[Al].[Al].[Mg].[Mg]. The summed E-state index contributed by atoms with van der Waals surface area (Å²) in [5.74, 6) is 0. The third-order valence-electron chi connectivity index (χ3n) is 0. The zero-order valence-electron chi connectivity index (χ0n) is 3.15. The predicted molar refractivity (Wildman–Crippen MR) is 28.8 cm³/mol. The van der Waals surface area contributed by atoms with Crippen LogP contribution in [0.5, 0.6) is 0 Å². The molecular formula is Al3Mg2. The summed E-state index contributed by atoms with van der Waals surface area (Å²) in [6, 6.07) is 0. The van der Waals surface area contributed by atoms with E-state index in [4.69, 9.17) is 0 Å².